The highest BCUT2D eigenvalue weighted by Crippen LogP contribution is 2.46. The average Bonchev–Trinajstić information content (AvgIpc) is 2.56. The Morgan fingerprint density at radius 2 is 1.29 bits per heavy atom. The van der Waals surface area contributed by atoms with Gasteiger partial charge in [0.1, 0.15) is 5.82 Å². The molecule has 2 nitrogen and oxygen atoms in total. The van der Waals surface area contributed by atoms with Gasteiger partial charge in [0.15, 0.2) is 0 Å². The number of nitrogens with two attached hydrogens (primary N) is 1. The molecule has 104 valence electrons. The Balaban J connectivity index is 2.29. The Kier molecular flexibility index (Phi) is 3.72. The van der Waals surface area contributed by atoms with Gasteiger partial charge in [-0.15, -0.1) is 9.24 Å². The molecule has 0 saturated heterocycles. The van der Waals surface area contributed by atoms with E-state index in [1.165, 1.54) is 11.1 Å². The van der Waals surface area contributed by atoms with Crippen LogP contribution < -0.4 is 5.73 Å². The van der Waals surface area contributed by atoms with E-state index in [2.05, 4.69) is 38.5 Å². The molecule has 1 atom stereocenters. The molecule has 0 aliphatic rings. The fourth-order valence-corrected chi connectivity index (χ4v) is 3.26. The predicted octanol–water partition coefficient (Wildman–Crippen LogP) is 3.83. The largest absolute Gasteiger partial charge is 0.383 e. The summed E-state index contributed by atoms with van der Waals surface area (Å²) in [6.45, 7) is 0. The summed E-state index contributed by atoms with van der Waals surface area (Å²) in [5.41, 5.74) is 9.48. The number of nitrogens with zero attached hydrogens (tertiary/aromatic N) is 1. The molecule has 1 unspecified atom stereocenters. The number of benzene rings is 2. The first-order valence-electron chi connectivity index (χ1n) is 6.84. The van der Waals surface area contributed by atoms with Crippen molar-refractivity contribution in [3.63, 3.8) is 0 Å². The van der Waals surface area contributed by atoms with E-state index in [0.717, 1.165) is 5.56 Å². The molecule has 0 spiro atoms. The van der Waals surface area contributed by atoms with Crippen LogP contribution in [0.25, 0.3) is 0 Å². The smallest absolute Gasteiger partial charge is 0.128 e. The van der Waals surface area contributed by atoms with Gasteiger partial charge in [0.05, 0.1) is 5.16 Å². The Labute approximate surface area is 127 Å². The zero-order chi connectivity index (χ0) is 14.7. The van der Waals surface area contributed by atoms with E-state index in [-0.39, 0.29) is 0 Å². The lowest BCUT2D eigenvalue weighted by atomic mass is 9.84. The summed E-state index contributed by atoms with van der Waals surface area (Å²) in [5.74, 6) is 0.556. The van der Waals surface area contributed by atoms with Crippen molar-refractivity contribution < 1.29 is 0 Å². The lowest BCUT2D eigenvalue weighted by Gasteiger charge is -2.32. The zero-order valence-corrected chi connectivity index (χ0v) is 12.8. The molecule has 1 heterocycles. The number of nitrogen functional groups attached to an aromatic ring is 1. The fraction of sp³-hybridized carbons (Fsp3) is 0.0556. The van der Waals surface area contributed by atoms with Crippen molar-refractivity contribution in [3.05, 3.63) is 95.7 Å². The second-order valence-corrected chi connectivity index (χ2v) is 5.84. The summed E-state index contributed by atoms with van der Waals surface area (Å²) in [6.07, 6.45) is 1.72. The van der Waals surface area contributed by atoms with Crippen LogP contribution in [-0.2, 0) is 5.16 Å². The molecule has 0 saturated carbocycles. The van der Waals surface area contributed by atoms with Gasteiger partial charge in [-0.25, -0.2) is 4.98 Å². The number of rotatable bonds is 3. The molecule has 3 heteroatoms. The monoisotopic (exact) mass is 292 g/mol. The number of anilines is 1. The van der Waals surface area contributed by atoms with Crippen LogP contribution in [0, 0.1) is 0 Å². The van der Waals surface area contributed by atoms with Crippen LogP contribution in [0.1, 0.15) is 16.7 Å². The summed E-state index contributed by atoms with van der Waals surface area (Å²) >= 11 is 0. The summed E-state index contributed by atoms with van der Waals surface area (Å²) in [6, 6.07) is 24.7. The minimum atomic E-state index is -0.402. The molecule has 0 fully saturated rings. The van der Waals surface area contributed by atoms with Crippen molar-refractivity contribution in [1.82, 2.24) is 4.98 Å². The van der Waals surface area contributed by atoms with Gasteiger partial charge in [-0.1, -0.05) is 66.7 Å². The van der Waals surface area contributed by atoms with Gasteiger partial charge in [-0.3, -0.25) is 0 Å². The van der Waals surface area contributed by atoms with Crippen LogP contribution in [0.5, 0.6) is 0 Å². The third kappa shape index (κ3) is 2.43. The average molecular weight is 292 g/mol. The van der Waals surface area contributed by atoms with Crippen LogP contribution in [0.2, 0.25) is 0 Å². The molecule has 0 bridgehead atoms. The quantitative estimate of drug-likeness (QED) is 0.745. The van der Waals surface area contributed by atoms with Gasteiger partial charge in [-0.05, 0) is 17.2 Å². The van der Waals surface area contributed by atoms with E-state index in [0.29, 0.717) is 5.82 Å². The summed E-state index contributed by atoms with van der Waals surface area (Å²) < 4.78 is 0. The lowest BCUT2D eigenvalue weighted by molar-refractivity contribution is 0.892. The standard InChI is InChI=1S/C18H17N2P/c19-17-16(12-7-13-20-17)18(21,14-8-3-1-4-9-14)15-10-5-2-6-11-15/h1-13H,21H2,(H2,19,20). The molecule has 0 aliphatic heterocycles. The van der Waals surface area contributed by atoms with E-state index in [1.807, 2.05) is 48.5 Å². The van der Waals surface area contributed by atoms with E-state index < -0.39 is 5.16 Å². The van der Waals surface area contributed by atoms with Gasteiger partial charge < -0.3 is 5.73 Å². The van der Waals surface area contributed by atoms with Crippen LogP contribution in [0.3, 0.4) is 0 Å². The molecule has 2 N–H and O–H groups in total. The number of aromatic nitrogens is 1. The summed E-state index contributed by atoms with van der Waals surface area (Å²) in [4.78, 5) is 4.26. The Morgan fingerprint density at radius 1 is 0.762 bits per heavy atom. The molecule has 2 aromatic carbocycles. The van der Waals surface area contributed by atoms with Crippen molar-refractivity contribution in [2.24, 2.45) is 0 Å². The van der Waals surface area contributed by atoms with E-state index >= 15 is 0 Å². The molecule has 0 aliphatic carbocycles. The highest BCUT2D eigenvalue weighted by Gasteiger charge is 2.33. The summed E-state index contributed by atoms with van der Waals surface area (Å²) in [7, 11) is 2.97. The highest BCUT2D eigenvalue weighted by molar-refractivity contribution is 7.19. The normalized spacial score (nSPS) is 11.3. The van der Waals surface area contributed by atoms with Crippen molar-refractivity contribution in [2.45, 2.75) is 5.16 Å². The highest BCUT2D eigenvalue weighted by atomic mass is 31.0. The van der Waals surface area contributed by atoms with Crippen molar-refractivity contribution >= 4 is 15.1 Å². The van der Waals surface area contributed by atoms with Gasteiger partial charge in [0.2, 0.25) is 0 Å². The first kappa shape index (κ1) is 13.8. The maximum Gasteiger partial charge on any atom is 0.128 e. The Morgan fingerprint density at radius 3 is 1.76 bits per heavy atom. The number of hydrogen-bond donors (Lipinski definition) is 1. The Bertz CT molecular complexity index is 687. The van der Waals surface area contributed by atoms with E-state index in [9.17, 15) is 0 Å². The third-order valence-corrected chi connectivity index (χ3v) is 4.70. The zero-order valence-electron chi connectivity index (χ0n) is 11.6. The molecule has 1 aromatic heterocycles. The topological polar surface area (TPSA) is 38.9 Å². The molecular formula is C18H17N2P. The third-order valence-electron chi connectivity index (χ3n) is 3.72. The first-order chi connectivity index (χ1) is 10.2. The minimum absolute atomic E-state index is 0.402. The lowest BCUT2D eigenvalue weighted by Crippen LogP contribution is -2.23. The molecule has 3 aromatic rings. The first-order valence-corrected chi connectivity index (χ1v) is 7.41. The van der Waals surface area contributed by atoms with Gasteiger partial charge in [0, 0.05) is 11.8 Å². The van der Waals surface area contributed by atoms with E-state index in [4.69, 9.17) is 5.73 Å². The number of hydrogen-bond acceptors (Lipinski definition) is 2. The van der Waals surface area contributed by atoms with Crippen LogP contribution in [0.4, 0.5) is 5.82 Å². The van der Waals surface area contributed by atoms with Crippen molar-refractivity contribution in [1.29, 1.82) is 0 Å². The van der Waals surface area contributed by atoms with Crippen LogP contribution in [0.15, 0.2) is 79.0 Å². The molecule has 0 amide bonds. The molecule has 3 rings (SSSR count). The SMILES string of the molecule is Nc1ncccc1C(P)(c1ccccc1)c1ccccc1. The predicted molar refractivity (Wildman–Crippen MR) is 91.1 cm³/mol. The van der Waals surface area contributed by atoms with Gasteiger partial charge in [-0.2, -0.15) is 0 Å². The second kappa shape index (κ2) is 5.67. The van der Waals surface area contributed by atoms with Gasteiger partial charge in [0.25, 0.3) is 0 Å². The minimum Gasteiger partial charge on any atom is -0.383 e. The fourth-order valence-electron chi connectivity index (χ4n) is 2.63. The van der Waals surface area contributed by atoms with Gasteiger partial charge >= 0.3 is 0 Å². The van der Waals surface area contributed by atoms with Crippen molar-refractivity contribution in [2.75, 3.05) is 5.73 Å². The second-order valence-electron chi connectivity index (χ2n) is 4.98. The summed E-state index contributed by atoms with van der Waals surface area (Å²) in [5, 5.41) is -0.402. The number of pyridine rings is 1. The Hall–Kier alpha value is -2.18. The maximum absolute atomic E-state index is 6.16. The maximum atomic E-state index is 6.16. The van der Waals surface area contributed by atoms with E-state index in [1.54, 1.807) is 6.20 Å². The van der Waals surface area contributed by atoms with Crippen molar-refractivity contribution in [3.8, 4) is 0 Å². The van der Waals surface area contributed by atoms with Crippen LogP contribution in [-0.4, -0.2) is 4.98 Å². The molecular weight excluding hydrogens is 275 g/mol. The molecule has 0 radical (unpaired) electrons. The molecule has 21 heavy (non-hydrogen) atoms. The van der Waals surface area contributed by atoms with Crippen LogP contribution >= 0.6 is 9.24 Å².